The molecule has 1 aromatic carbocycles. The van der Waals surface area contributed by atoms with E-state index in [-0.39, 0.29) is 12.6 Å². The zero-order valence-electron chi connectivity index (χ0n) is 15.5. The minimum Gasteiger partial charge on any atom is -0.493 e. The summed E-state index contributed by atoms with van der Waals surface area (Å²) in [5, 5.41) is 16.5. The number of rotatable bonds is 7. The summed E-state index contributed by atoms with van der Waals surface area (Å²) in [6, 6.07) is 9.12. The van der Waals surface area contributed by atoms with E-state index >= 15 is 0 Å². The van der Waals surface area contributed by atoms with Crippen LogP contribution in [0.4, 0.5) is 5.95 Å². The summed E-state index contributed by atoms with van der Waals surface area (Å²) in [5.41, 5.74) is 0.733. The van der Waals surface area contributed by atoms with Crippen LogP contribution in [-0.2, 0) is 6.61 Å². The Kier molecular flexibility index (Phi) is 5.20. The summed E-state index contributed by atoms with van der Waals surface area (Å²) in [4.78, 5) is 17.5. The van der Waals surface area contributed by atoms with Crippen molar-refractivity contribution >= 4 is 33.3 Å². The second-order valence-electron chi connectivity index (χ2n) is 5.76. The number of anilines is 1. The van der Waals surface area contributed by atoms with Crippen molar-refractivity contribution in [2.45, 2.75) is 6.61 Å². The third kappa shape index (κ3) is 3.80. The Morgan fingerprint density at radius 2 is 2.03 bits per heavy atom. The smallest absolute Gasteiger partial charge is 0.272 e. The molecule has 11 heteroatoms. The number of ether oxygens (including phenoxy) is 3. The van der Waals surface area contributed by atoms with Gasteiger partial charge < -0.3 is 14.2 Å². The molecule has 0 atom stereocenters. The normalized spacial score (nSPS) is 10.7. The fourth-order valence-corrected chi connectivity index (χ4v) is 3.75. The summed E-state index contributed by atoms with van der Waals surface area (Å²) in [6.07, 6.45) is 1.68. The molecule has 0 unspecified atom stereocenters. The van der Waals surface area contributed by atoms with E-state index in [4.69, 9.17) is 14.2 Å². The van der Waals surface area contributed by atoms with Crippen LogP contribution in [0.3, 0.4) is 0 Å². The van der Waals surface area contributed by atoms with Gasteiger partial charge in [0.2, 0.25) is 0 Å². The molecule has 1 amide bonds. The van der Waals surface area contributed by atoms with Gasteiger partial charge in [0.1, 0.15) is 11.5 Å². The molecule has 2 N–H and O–H groups in total. The molecule has 3 aromatic heterocycles. The number of pyridine rings is 1. The Labute approximate surface area is 168 Å². The Morgan fingerprint density at radius 1 is 1.21 bits per heavy atom. The van der Waals surface area contributed by atoms with Crippen molar-refractivity contribution in [3.05, 3.63) is 47.1 Å². The van der Waals surface area contributed by atoms with Crippen LogP contribution in [0.25, 0.3) is 10.1 Å². The summed E-state index contributed by atoms with van der Waals surface area (Å²) in [6.45, 7) is 0.198. The topological polar surface area (TPSA) is 124 Å². The van der Waals surface area contributed by atoms with E-state index in [0.717, 1.165) is 15.8 Å². The molecule has 29 heavy (non-hydrogen) atoms. The Hall–Kier alpha value is -3.73. The van der Waals surface area contributed by atoms with Crippen molar-refractivity contribution in [2.75, 3.05) is 19.5 Å². The number of H-pyrrole nitrogens is 1. The van der Waals surface area contributed by atoms with Crippen LogP contribution >= 0.6 is 11.3 Å². The quantitative estimate of drug-likeness (QED) is 0.475. The standard InChI is InChI=1S/C18H16N6O4S/c1-26-12-7-11-14(8-13(12)27-2)29-16(17(25)20-18-21-23-24-22-18)15(11)28-9-10-5-3-4-6-19-10/h3-8H,9H2,1-2H3,(H2,20,21,22,23,24,25). The number of amides is 1. The van der Waals surface area contributed by atoms with Crippen molar-refractivity contribution in [2.24, 2.45) is 0 Å². The average molecular weight is 412 g/mol. The van der Waals surface area contributed by atoms with Gasteiger partial charge in [-0.15, -0.1) is 16.4 Å². The van der Waals surface area contributed by atoms with Crippen LogP contribution in [-0.4, -0.2) is 45.7 Å². The molecule has 148 valence electrons. The van der Waals surface area contributed by atoms with Crippen molar-refractivity contribution in [3.8, 4) is 17.2 Å². The highest BCUT2D eigenvalue weighted by atomic mass is 32.1. The number of aromatic amines is 1. The van der Waals surface area contributed by atoms with Crippen molar-refractivity contribution in [1.29, 1.82) is 0 Å². The number of methoxy groups -OCH3 is 2. The number of nitrogens with zero attached hydrogens (tertiary/aromatic N) is 4. The number of benzene rings is 1. The van der Waals surface area contributed by atoms with Crippen molar-refractivity contribution in [1.82, 2.24) is 25.6 Å². The molecule has 10 nitrogen and oxygen atoms in total. The number of carbonyl (C=O) groups excluding carboxylic acids is 1. The monoisotopic (exact) mass is 412 g/mol. The molecule has 0 bridgehead atoms. The third-order valence-corrected chi connectivity index (χ3v) is 5.15. The van der Waals surface area contributed by atoms with Gasteiger partial charge >= 0.3 is 0 Å². The molecular weight excluding hydrogens is 396 g/mol. The summed E-state index contributed by atoms with van der Waals surface area (Å²) < 4.78 is 17.6. The molecule has 0 aliphatic carbocycles. The van der Waals surface area contributed by atoms with E-state index < -0.39 is 5.91 Å². The number of carbonyl (C=O) groups is 1. The van der Waals surface area contributed by atoms with Crippen LogP contribution in [0, 0.1) is 0 Å². The van der Waals surface area contributed by atoms with E-state index in [2.05, 4.69) is 30.9 Å². The third-order valence-electron chi connectivity index (χ3n) is 4.02. The van der Waals surface area contributed by atoms with E-state index in [9.17, 15) is 4.79 Å². The molecule has 0 spiro atoms. The number of thiophene rings is 1. The first-order chi connectivity index (χ1) is 14.2. The minimum atomic E-state index is -0.415. The van der Waals surface area contributed by atoms with E-state index in [1.807, 2.05) is 18.2 Å². The summed E-state index contributed by atoms with van der Waals surface area (Å²) in [5.74, 6) is 1.16. The van der Waals surface area contributed by atoms with Gasteiger partial charge in [0.15, 0.2) is 17.2 Å². The number of hydrogen-bond acceptors (Lipinski definition) is 9. The highest BCUT2D eigenvalue weighted by molar-refractivity contribution is 7.21. The van der Waals surface area contributed by atoms with Gasteiger partial charge in [-0.25, -0.2) is 0 Å². The van der Waals surface area contributed by atoms with Gasteiger partial charge in [-0.1, -0.05) is 11.2 Å². The first-order valence-corrected chi connectivity index (χ1v) is 9.27. The number of nitrogens with one attached hydrogen (secondary N) is 2. The largest absolute Gasteiger partial charge is 0.493 e. The molecule has 0 saturated heterocycles. The lowest BCUT2D eigenvalue weighted by Gasteiger charge is -2.10. The summed E-state index contributed by atoms with van der Waals surface area (Å²) >= 11 is 1.26. The Bertz CT molecular complexity index is 1130. The Balaban J connectivity index is 1.76. The molecule has 3 heterocycles. The molecule has 0 fully saturated rings. The van der Waals surface area contributed by atoms with Gasteiger partial charge in [-0.2, -0.15) is 5.21 Å². The van der Waals surface area contributed by atoms with E-state index in [1.54, 1.807) is 32.5 Å². The predicted octanol–water partition coefficient (Wildman–Crippen LogP) is 2.66. The SMILES string of the molecule is COc1cc2sc(C(=O)Nc3nn[nH]n3)c(OCc3ccccn3)c2cc1OC. The van der Waals surface area contributed by atoms with Crippen LogP contribution in [0.2, 0.25) is 0 Å². The molecule has 0 radical (unpaired) electrons. The van der Waals surface area contributed by atoms with E-state index in [0.29, 0.717) is 22.1 Å². The van der Waals surface area contributed by atoms with Crippen LogP contribution in [0.5, 0.6) is 17.2 Å². The number of hydrogen-bond donors (Lipinski definition) is 2. The molecule has 0 aliphatic heterocycles. The second-order valence-corrected chi connectivity index (χ2v) is 6.82. The van der Waals surface area contributed by atoms with E-state index in [1.165, 1.54) is 11.3 Å². The fraction of sp³-hybridized carbons (Fsp3) is 0.167. The van der Waals surface area contributed by atoms with Crippen molar-refractivity contribution < 1.29 is 19.0 Å². The predicted molar refractivity (Wildman–Crippen MR) is 106 cm³/mol. The highest BCUT2D eigenvalue weighted by Crippen LogP contribution is 2.43. The fourth-order valence-electron chi connectivity index (χ4n) is 2.70. The minimum absolute atomic E-state index is 0.0679. The molecule has 4 aromatic rings. The Morgan fingerprint density at radius 3 is 2.72 bits per heavy atom. The zero-order chi connectivity index (χ0) is 20.2. The van der Waals surface area contributed by atoms with Crippen molar-refractivity contribution in [3.63, 3.8) is 0 Å². The maximum Gasteiger partial charge on any atom is 0.272 e. The maximum atomic E-state index is 12.8. The summed E-state index contributed by atoms with van der Waals surface area (Å²) in [7, 11) is 3.11. The number of tetrazole rings is 1. The lowest BCUT2D eigenvalue weighted by atomic mass is 10.2. The van der Waals surface area contributed by atoms with Gasteiger partial charge in [-0.05, 0) is 23.4 Å². The number of fused-ring (bicyclic) bond motifs is 1. The highest BCUT2D eigenvalue weighted by Gasteiger charge is 2.23. The maximum absolute atomic E-state index is 12.8. The molecule has 4 rings (SSSR count). The zero-order valence-corrected chi connectivity index (χ0v) is 16.3. The van der Waals surface area contributed by atoms with Gasteiger partial charge in [0.25, 0.3) is 11.9 Å². The number of aromatic nitrogens is 5. The van der Waals surface area contributed by atoms with Gasteiger partial charge in [0, 0.05) is 22.3 Å². The first kappa shape index (κ1) is 18.6. The lowest BCUT2D eigenvalue weighted by molar-refractivity contribution is 0.102. The molecule has 0 saturated carbocycles. The average Bonchev–Trinajstić information content (AvgIpc) is 3.39. The first-order valence-electron chi connectivity index (χ1n) is 8.45. The van der Waals surface area contributed by atoms with Crippen LogP contribution < -0.4 is 19.5 Å². The molecule has 0 aliphatic rings. The lowest BCUT2D eigenvalue weighted by Crippen LogP contribution is -2.13. The van der Waals surface area contributed by atoms with Gasteiger partial charge in [-0.3, -0.25) is 15.1 Å². The molecular formula is C18H16N6O4S. The van der Waals surface area contributed by atoms with Gasteiger partial charge in [0.05, 0.1) is 19.9 Å². The second kappa shape index (κ2) is 8.10. The van der Waals surface area contributed by atoms with Crippen LogP contribution in [0.1, 0.15) is 15.4 Å². The van der Waals surface area contributed by atoms with Crippen LogP contribution in [0.15, 0.2) is 36.5 Å².